The van der Waals surface area contributed by atoms with Gasteiger partial charge in [0.25, 0.3) is 5.56 Å². The molecule has 1 amide bonds. The molecule has 0 unspecified atom stereocenters. The molecule has 0 saturated carbocycles. The summed E-state index contributed by atoms with van der Waals surface area (Å²) in [7, 11) is 0. The van der Waals surface area contributed by atoms with Crippen LogP contribution in [0, 0.1) is 0 Å². The van der Waals surface area contributed by atoms with Crippen molar-refractivity contribution < 1.29 is 4.79 Å². The summed E-state index contributed by atoms with van der Waals surface area (Å²) in [6.07, 6.45) is 3.03. The second-order valence-electron chi connectivity index (χ2n) is 8.10. The Kier molecular flexibility index (Phi) is 6.11. The van der Waals surface area contributed by atoms with Crippen molar-refractivity contribution in [3.05, 3.63) is 95.8 Å². The van der Waals surface area contributed by atoms with E-state index in [1.807, 2.05) is 66.7 Å². The lowest BCUT2D eigenvalue weighted by Crippen LogP contribution is -2.50. The van der Waals surface area contributed by atoms with Gasteiger partial charge in [-0.3, -0.25) is 14.2 Å². The van der Waals surface area contributed by atoms with Gasteiger partial charge < -0.3 is 9.80 Å². The Morgan fingerprint density at radius 1 is 0.765 bits per heavy atom. The zero-order valence-electron chi connectivity index (χ0n) is 18.6. The minimum atomic E-state index is -0.240. The van der Waals surface area contributed by atoms with E-state index in [0.29, 0.717) is 31.9 Å². The molecule has 0 radical (unpaired) electrons. The third kappa shape index (κ3) is 4.71. The molecule has 1 saturated heterocycles. The monoisotopic (exact) mass is 452 g/mol. The summed E-state index contributed by atoms with van der Waals surface area (Å²) in [5.74, 6) is 0.751. The molecule has 0 spiro atoms. The van der Waals surface area contributed by atoms with Crippen LogP contribution in [0.15, 0.2) is 90.2 Å². The highest BCUT2D eigenvalue weighted by Gasteiger charge is 2.23. The molecule has 4 aromatic rings. The molecular formula is C26H24N6O2. The number of benzene rings is 2. The van der Waals surface area contributed by atoms with Gasteiger partial charge in [0.2, 0.25) is 5.91 Å². The molecule has 170 valence electrons. The summed E-state index contributed by atoms with van der Waals surface area (Å²) >= 11 is 0. The van der Waals surface area contributed by atoms with Gasteiger partial charge in [0.15, 0.2) is 0 Å². The first-order valence-corrected chi connectivity index (χ1v) is 11.2. The Morgan fingerprint density at radius 3 is 2.00 bits per heavy atom. The van der Waals surface area contributed by atoms with Crippen LogP contribution in [0.25, 0.3) is 22.5 Å². The van der Waals surface area contributed by atoms with Crippen molar-refractivity contribution >= 4 is 11.7 Å². The van der Waals surface area contributed by atoms with Crippen LogP contribution in [0.5, 0.6) is 0 Å². The van der Waals surface area contributed by atoms with Crippen LogP contribution in [0.1, 0.15) is 0 Å². The maximum Gasteiger partial charge on any atom is 0.254 e. The number of carbonyl (C=O) groups excluding carboxylic acids is 1. The topological polar surface area (TPSA) is 84.2 Å². The Labute approximate surface area is 197 Å². The van der Waals surface area contributed by atoms with Gasteiger partial charge in [-0.05, 0) is 0 Å². The zero-order valence-corrected chi connectivity index (χ0v) is 18.6. The standard InChI is InChI=1S/C26H24N6O2/c33-25-16-23(21-9-5-2-6-10-21)29-19-32(25)17-26(34)31-13-11-30(12-14-31)24-15-22(27-18-28-24)20-7-3-1-4-8-20/h1-10,15-16,18-19H,11-14,17H2. The highest BCUT2D eigenvalue weighted by Crippen LogP contribution is 2.21. The summed E-state index contributed by atoms with van der Waals surface area (Å²) in [6, 6.07) is 22.9. The van der Waals surface area contributed by atoms with E-state index >= 15 is 0 Å². The second-order valence-corrected chi connectivity index (χ2v) is 8.10. The van der Waals surface area contributed by atoms with Gasteiger partial charge in [-0.15, -0.1) is 0 Å². The number of amides is 1. The minimum Gasteiger partial charge on any atom is -0.353 e. The smallest absolute Gasteiger partial charge is 0.254 e. The SMILES string of the molecule is O=C(Cn1cnc(-c2ccccc2)cc1=O)N1CCN(c2cc(-c3ccccc3)ncn2)CC1. The van der Waals surface area contributed by atoms with Gasteiger partial charge in [-0.2, -0.15) is 0 Å². The number of carbonyl (C=O) groups is 1. The summed E-state index contributed by atoms with van der Waals surface area (Å²) in [5.41, 5.74) is 3.14. The lowest BCUT2D eigenvalue weighted by Gasteiger charge is -2.35. The predicted octanol–water partition coefficient (Wildman–Crippen LogP) is 2.72. The molecule has 1 fully saturated rings. The van der Waals surface area contributed by atoms with Crippen LogP contribution < -0.4 is 10.5 Å². The fourth-order valence-electron chi connectivity index (χ4n) is 4.03. The third-order valence-electron chi connectivity index (χ3n) is 5.93. The maximum atomic E-state index is 12.9. The number of piperazine rings is 1. The molecule has 5 rings (SSSR count). The van der Waals surface area contributed by atoms with Gasteiger partial charge in [0.05, 0.1) is 17.7 Å². The number of nitrogens with zero attached hydrogens (tertiary/aromatic N) is 6. The first-order chi connectivity index (χ1) is 16.7. The van der Waals surface area contributed by atoms with Crippen LogP contribution in [0.3, 0.4) is 0 Å². The number of hydrogen-bond donors (Lipinski definition) is 0. The molecule has 8 heteroatoms. The molecule has 0 aliphatic carbocycles. The number of aromatic nitrogens is 4. The highest BCUT2D eigenvalue weighted by atomic mass is 16.2. The van der Waals surface area contributed by atoms with E-state index in [1.165, 1.54) is 17.0 Å². The summed E-state index contributed by atoms with van der Waals surface area (Å²) < 4.78 is 1.36. The van der Waals surface area contributed by atoms with Crippen LogP contribution >= 0.6 is 0 Å². The van der Waals surface area contributed by atoms with E-state index in [0.717, 1.165) is 22.6 Å². The van der Waals surface area contributed by atoms with Gasteiger partial charge in [-0.25, -0.2) is 15.0 Å². The Hall–Kier alpha value is -4.33. The summed E-state index contributed by atoms with van der Waals surface area (Å²) in [6.45, 7) is 2.43. The molecule has 0 atom stereocenters. The molecular weight excluding hydrogens is 428 g/mol. The second kappa shape index (κ2) is 9.66. The van der Waals surface area contributed by atoms with Crippen molar-refractivity contribution in [2.45, 2.75) is 6.54 Å². The highest BCUT2D eigenvalue weighted by molar-refractivity contribution is 5.76. The first-order valence-electron chi connectivity index (χ1n) is 11.2. The molecule has 0 N–H and O–H groups in total. The summed E-state index contributed by atoms with van der Waals surface area (Å²) in [5, 5.41) is 0. The molecule has 1 aliphatic rings. The molecule has 3 heterocycles. The van der Waals surface area contributed by atoms with Crippen LogP contribution in [-0.4, -0.2) is 56.5 Å². The van der Waals surface area contributed by atoms with Crippen molar-refractivity contribution in [1.82, 2.24) is 24.4 Å². The Morgan fingerprint density at radius 2 is 1.38 bits per heavy atom. The molecule has 2 aromatic heterocycles. The molecule has 1 aliphatic heterocycles. The fourth-order valence-corrected chi connectivity index (χ4v) is 4.03. The summed E-state index contributed by atoms with van der Waals surface area (Å²) in [4.78, 5) is 42.5. The van der Waals surface area contributed by atoms with Gasteiger partial charge in [0, 0.05) is 49.4 Å². The van der Waals surface area contributed by atoms with Crippen molar-refractivity contribution in [1.29, 1.82) is 0 Å². The van der Waals surface area contributed by atoms with Crippen LogP contribution in [-0.2, 0) is 11.3 Å². The first kappa shape index (κ1) is 21.5. The van der Waals surface area contributed by atoms with Crippen molar-refractivity contribution in [2.24, 2.45) is 0 Å². The average molecular weight is 453 g/mol. The van der Waals surface area contributed by atoms with E-state index < -0.39 is 0 Å². The minimum absolute atomic E-state index is 0.0213. The average Bonchev–Trinajstić information content (AvgIpc) is 2.91. The van der Waals surface area contributed by atoms with Crippen LogP contribution in [0.2, 0.25) is 0 Å². The van der Waals surface area contributed by atoms with Gasteiger partial charge >= 0.3 is 0 Å². The maximum absolute atomic E-state index is 12.9. The number of rotatable bonds is 5. The number of hydrogen-bond acceptors (Lipinski definition) is 6. The van der Waals surface area contributed by atoms with E-state index in [2.05, 4.69) is 19.9 Å². The lowest BCUT2D eigenvalue weighted by molar-refractivity contribution is -0.132. The van der Waals surface area contributed by atoms with E-state index in [-0.39, 0.29) is 18.0 Å². The predicted molar refractivity (Wildman–Crippen MR) is 130 cm³/mol. The van der Waals surface area contributed by atoms with Gasteiger partial charge in [0.1, 0.15) is 18.7 Å². The van der Waals surface area contributed by atoms with Crippen molar-refractivity contribution in [2.75, 3.05) is 31.1 Å². The van der Waals surface area contributed by atoms with E-state index in [1.54, 1.807) is 11.2 Å². The zero-order chi connectivity index (χ0) is 23.3. The van der Waals surface area contributed by atoms with Crippen LogP contribution in [0.4, 0.5) is 5.82 Å². The van der Waals surface area contributed by atoms with Crippen molar-refractivity contribution in [3.8, 4) is 22.5 Å². The Bertz CT molecular complexity index is 1330. The van der Waals surface area contributed by atoms with E-state index in [4.69, 9.17) is 0 Å². The lowest BCUT2D eigenvalue weighted by atomic mass is 10.1. The fraction of sp³-hybridized carbons (Fsp3) is 0.192. The quantitative estimate of drug-likeness (QED) is 0.463. The largest absolute Gasteiger partial charge is 0.353 e. The Balaban J connectivity index is 1.21. The molecule has 0 bridgehead atoms. The van der Waals surface area contributed by atoms with Gasteiger partial charge in [-0.1, -0.05) is 60.7 Å². The normalized spacial score (nSPS) is 13.6. The molecule has 8 nitrogen and oxygen atoms in total. The number of anilines is 1. The molecule has 2 aromatic carbocycles. The van der Waals surface area contributed by atoms with Crippen molar-refractivity contribution in [3.63, 3.8) is 0 Å². The van der Waals surface area contributed by atoms with E-state index in [9.17, 15) is 9.59 Å². The third-order valence-corrected chi connectivity index (χ3v) is 5.93. The molecule has 34 heavy (non-hydrogen) atoms.